The van der Waals surface area contributed by atoms with E-state index in [9.17, 15) is 4.79 Å². The summed E-state index contributed by atoms with van der Waals surface area (Å²) in [7, 11) is 1.59. The van der Waals surface area contributed by atoms with E-state index in [-0.39, 0.29) is 18.0 Å². The Morgan fingerprint density at radius 1 is 0.711 bits per heavy atom. The number of carbonyl (C=O) groups excluding carboxylic acids is 1. The molecule has 0 spiro atoms. The lowest BCUT2D eigenvalue weighted by molar-refractivity contribution is -0.242. The molecule has 0 N–H and O–H groups in total. The molecular formula is C36H41NO8. The molecular weight excluding hydrogens is 574 g/mol. The van der Waals surface area contributed by atoms with Crippen LogP contribution in [0.2, 0.25) is 0 Å². The van der Waals surface area contributed by atoms with Crippen molar-refractivity contribution in [3.8, 4) is 0 Å². The standard InChI is InChI=1S/C36H41NO8/c1-36(2)44-32-30(43-35(39-3)33(32)45-36)27-28-31(42-21-25-17-11-6-12-18-25)29(41-20-24-15-9-5-10-16-24)26(37(28)34(27)38)22-40-19-23-13-7-4-8-14-23/h4-18,26-33,35H,19-22H2,1-3H3/t26-,27+,28-,29+,30+,31-,32+,33+,35+/m0/s1. The molecule has 7 rings (SSSR count). The summed E-state index contributed by atoms with van der Waals surface area (Å²) in [5.74, 6) is -1.35. The van der Waals surface area contributed by atoms with Crippen molar-refractivity contribution in [3.63, 3.8) is 0 Å². The first-order chi connectivity index (χ1) is 21.9. The van der Waals surface area contributed by atoms with Gasteiger partial charge in [-0.15, -0.1) is 0 Å². The molecule has 4 heterocycles. The minimum absolute atomic E-state index is 0.0266. The summed E-state index contributed by atoms with van der Waals surface area (Å²) in [5.41, 5.74) is 3.15. The lowest BCUT2D eigenvalue weighted by Gasteiger charge is -2.49. The molecule has 0 radical (unpaired) electrons. The van der Waals surface area contributed by atoms with Gasteiger partial charge in [-0.1, -0.05) is 91.0 Å². The molecule has 4 aliphatic heterocycles. The molecule has 9 atom stereocenters. The second-order valence-electron chi connectivity index (χ2n) is 12.6. The largest absolute Gasteiger partial charge is 0.375 e. The van der Waals surface area contributed by atoms with E-state index >= 15 is 0 Å². The maximum absolute atomic E-state index is 14.2. The number of ether oxygens (including phenoxy) is 7. The Hall–Kier alpha value is -3.15. The fraction of sp³-hybridized carbons (Fsp3) is 0.472. The summed E-state index contributed by atoms with van der Waals surface area (Å²) in [6.45, 7) is 5.24. The smallest absolute Gasteiger partial charge is 0.231 e. The minimum Gasteiger partial charge on any atom is -0.375 e. The lowest BCUT2D eigenvalue weighted by Crippen LogP contribution is -2.68. The molecule has 9 heteroatoms. The van der Waals surface area contributed by atoms with E-state index in [4.69, 9.17) is 33.2 Å². The molecule has 0 unspecified atom stereocenters. The Morgan fingerprint density at radius 2 is 1.24 bits per heavy atom. The van der Waals surface area contributed by atoms with Crippen LogP contribution in [0.15, 0.2) is 91.0 Å². The minimum atomic E-state index is -0.811. The van der Waals surface area contributed by atoms with Gasteiger partial charge in [0.25, 0.3) is 0 Å². The lowest BCUT2D eigenvalue weighted by atomic mass is 9.79. The van der Waals surface area contributed by atoms with E-state index in [1.807, 2.05) is 110 Å². The predicted octanol–water partition coefficient (Wildman–Crippen LogP) is 4.47. The second-order valence-corrected chi connectivity index (χ2v) is 12.6. The van der Waals surface area contributed by atoms with Crippen LogP contribution in [0.3, 0.4) is 0 Å². The summed E-state index contributed by atoms with van der Waals surface area (Å²) in [6, 6.07) is 29.5. The average molecular weight is 616 g/mol. The molecule has 3 aromatic rings. The average Bonchev–Trinajstić information content (AvgIpc) is 3.64. The normalized spacial score (nSPS) is 33.2. The number of hydrogen-bond donors (Lipinski definition) is 0. The molecule has 0 saturated carbocycles. The van der Waals surface area contributed by atoms with Gasteiger partial charge in [0.2, 0.25) is 5.91 Å². The fourth-order valence-electron chi connectivity index (χ4n) is 7.26. The Balaban J connectivity index is 1.18. The number of amides is 1. The Labute approximate surface area is 264 Å². The van der Waals surface area contributed by atoms with E-state index in [1.165, 1.54) is 0 Å². The molecule has 0 bridgehead atoms. The van der Waals surface area contributed by atoms with E-state index in [0.29, 0.717) is 26.4 Å². The van der Waals surface area contributed by atoms with Gasteiger partial charge in [-0.2, -0.15) is 0 Å². The molecule has 0 aliphatic carbocycles. The van der Waals surface area contributed by atoms with Crippen LogP contribution in [-0.2, 0) is 57.8 Å². The monoisotopic (exact) mass is 615 g/mol. The van der Waals surface area contributed by atoms with Crippen molar-refractivity contribution >= 4 is 5.91 Å². The number of hydrogen-bond acceptors (Lipinski definition) is 8. The third-order valence-corrected chi connectivity index (χ3v) is 9.23. The van der Waals surface area contributed by atoms with E-state index in [0.717, 1.165) is 16.7 Å². The van der Waals surface area contributed by atoms with Gasteiger partial charge < -0.3 is 38.1 Å². The summed E-state index contributed by atoms with van der Waals surface area (Å²) in [5, 5.41) is 0. The van der Waals surface area contributed by atoms with E-state index in [1.54, 1.807) is 7.11 Å². The van der Waals surface area contributed by atoms with Crippen molar-refractivity contribution in [3.05, 3.63) is 108 Å². The zero-order valence-electron chi connectivity index (χ0n) is 25.9. The third kappa shape index (κ3) is 6.06. The van der Waals surface area contributed by atoms with Crippen molar-refractivity contribution in [2.24, 2.45) is 5.92 Å². The quantitative estimate of drug-likeness (QED) is 0.276. The Kier molecular flexibility index (Phi) is 8.76. The second kappa shape index (κ2) is 12.9. The molecule has 1 amide bonds. The number of β-lactam (4-membered cyclic amide) rings is 1. The topological polar surface area (TPSA) is 84.9 Å². The van der Waals surface area contributed by atoms with Gasteiger partial charge in [0, 0.05) is 7.11 Å². The summed E-state index contributed by atoms with van der Waals surface area (Å²) in [6.07, 6.45) is -2.94. The van der Waals surface area contributed by atoms with Crippen LogP contribution >= 0.6 is 0 Å². The van der Waals surface area contributed by atoms with Gasteiger partial charge in [0.15, 0.2) is 12.1 Å². The van der Waals surface area contributed by atoms with Crippen molar-refractivity contribution in [2.75, 3.05) is 13.7 Å². The first-order valence-corrected chi connectivity index (χ1v) is 15.7. The highest BCUT2D eigenvalue weighted by Crippen LogP contribution is 2.50. The maximum atomic E-state index is 14.2. The number of benzene rings is 3. The van der Waals surface area contributed by atoms with Crippen LogP contribution in [0.1, 0.15) is 30.5 Å². The molecule has 4 aliphatic rings. The van der Waals surface area contributed by atoms with Crippen molar-refractivity contribution < 1.29 is 38.0 Å². The van der Waals surface area contributed by atoms with Gasteiger partial charge in [0.1, 0.15) is 30.5 Å². The highest BCUT2D eigenvalue weighted by atomic mass is 16.8. The number of methoxy groups -OCH3 is 1. The number of rotatable bonds is 12. The molecule has 4 saturated heterocycles. The number of carbonyl (C=O) groups is 1. The van der Waals surface area contributed by atoms with Crippen LogP contribution < -0.4 is 0 Å². The first kappa shape index (κ1) is 30.5. The zero-order chi connectivity index (χ0) is 31.0. The van der Waals surface area contributed by atoms with Crippen molar-refractivity contribution in [1.82, 2.24) is 4.90 Å². The number of nitrogens with zero attached hydrogens (tertiary/aromatic N) is 1. The van der Waals surface area contributed by atoms with E-state index < -0.39 is 48.5 Å². The summed E-state index contributed by atoms with van der Waals surface area (Å²) >= 11 is 0. The van der Waals surface area contributed by atoms with Gasteiger partial charge in [-0.25, -0.2) is 0 Å². The van der Waals surface area contributed by atoms with E-state index in [2.05, 4.69) is 0 Å². The molecule has 0 aromatic heterocycles. The highest BCUT2D eigenvalue weighted by molar-refractivity contribution is 5.88. The van der Waals surface area contributed by atoms with Gasteiger partial charge >= 0.3 is 0 Å². The predicted molar refractivity (Wildman–Crippen MR) is 164 cm³/mol. The van der Waals surface area contributed by atoms with Crippen LogP contribution in [0.25, 0.3) is 0 Å². The Morgan fingerprint density at radius 3 is 1.82 bits per heavy atom. The molecule has 238 valence electrons. The molecule has 4 fully saturated rings. The first-order valence-electron chi connectivity index (χ1n) is 15.7. The van der Waals surface area contributed by atoms with Crippen molar-refractivity contribution in [1.29, 1.82) is 0 Å². The van der Waals surface area contributed by atoms with Crippen LogP contribution in [0, 0.1) is 5.92 Å². The molecule has 9 nitrogen and oxygen atoms in total. The van der Waals surface area contributed by atoms with Gasteiger partial charge in [-0.05, 0) is 30.5 Å². The molecule has 3 aromatic carbocycles. The van der Waals surface area contributed by atoms with Crippen LogP contribution in [0.4, 0.5) is 0 Å². The van der Waals surface area contributed by atoms with Crippen LogP contribution in [0.5, 0.6) is 0 Å². The molecule has 45 heavy (non-hydrogen) atoms. The van der Waals surface area contributed by atoms with Gasteiger partial charge in [-0.3, -0.25) is 4.79 Å². The fourth-order valence-corrected chi connectivity index (χ4v) is 7.26. The SMILES string of the molecule is CO[C@@H]1O[C@H]([C@@H]2C(=O)N3[C@@H]2[C@H](OCc2ccccc2)[C@H](OCc2ccccc2)[C@@H]3COCc2ccccc2)[C@H]2OC(C)(C)O[C@@H]12. The van der Waals surface area contributed by atoms with Crippen LogP contribution in [-0.4, -0.2) is 79.2 Å². The summed E-state index contributed by atoms with van der Waals surface area (Å²) in [4.78, 5) is 16.1. The van der Waals surface area contributed by atoms with Gasteiger partial charge in [0.05, 0.1) is 44.4 Å². The maximum Gasteiger partial charge on any atom is 0.231 e. The summed E-state index contributed by atoms with van der Waals surface area (Å²) < 4.78 is 44.1. The third-order valence-electron chi connectivity index (χ3n) is 9.23. The zero-order valence-corrected chi connectivity index (χ0v) is 25.9. The van der Waals surface area contributed by atoms with Crippen molar-refractivity contribution in [2.45, 2.75) is 88.3 Å². The highest BCUT2D eigenvalue weighted by Gasteiger charge is 2.70. The number of fused-ring (bicyclic) bond motifs is 2. The Bertz CT molecular complexity index is 1420.